The second kappa shape index (κ2) is 19.7. The molecule has 1 aromatic carbocycles. The number of unbranched alkanes of at least 4 members (excludes halogenated alkanes) is 1. The van der Waals surface area contributed by atoms with Gasteiger partial charge in [-0.05, 0) is 56.2 Å². The predicted molar refractivity (Wildman–Crippen MR) is 177 cm³/mol. The van der Waals surface area contributed by atoms with Gasteiger partial charge < -0.3 is 53.0 Å². The van der Waals surface area contributed by atoms with E-state index in [2.05, 4.69) is 26.3 Å². The van der Waals surface area contributed by atoms with Crippen LogP contribution in [0.3, 0.4) is 0 Å². The molecule has 270 valence electrons. The Morgan fingerprint density at radius 1 is 0.755 bits per heavy atom. The molecule has 17 nitrogen and oxygen atoms in total. The van der Waals surface area contributed by atoms with Crippen LogP contribution in [0.4, 0.5) is 0 Å². The molecular weight excluding hydrogens is 642 g/mol. The molecule has 0 spiro atoms. The molecule has 4 amide bonds. The fourth-order valence-corrected chi connectivity index (χ4v) is 5.10. The first-order chi connectivity index (χ1) is 23.1. The van der Waals surface area contributed by atoms with E-state index in [4.69, 9.17) is 16.6 Å². The number of rotatable bonds is 22. The third kappa shape index (κ3) is 13.5. The first-order valence-electron chi connectivity index (χ1n) is 16.0. The molecule has 0 saturated heterocycles. The Kier molecular flexibility index (Phi) is 16.1. The highest BCUT2D eigenvalue weighted by molar-refractivity contribution is 5.96. The number of para-hydroxylation sites is 1. The normalized spacial score (nSPS) is 14.2. The highest BCUT2D eigenvalue weighted by Gasteiger charge is 2.33. The maximum Gasteiger partial charge on any atom is 0.326 e. The van der Waals surface area contributed by atoms with Gasteiger partial charge in [-0.15, -0.1) is 0 Å². The third-order valence-corrected chi connectivity index (χ3v) is 7.64. The molecule has 1 aromatic heterocycles. The van der Waals surface area contributed by atoms with Gasteiger partial charge in [-0.2, -0.15) is 0 Å². The molecule has 17 heteroatoms. The van der Waals surface area contributed by atoms with Gasteiger partial charge in [-0.3, -0.25) is 28.8 Å². The van der Waals surface area contributed by atoms with Crippen molar-refractivity contribution >= 4 is 52.4 Å². The van der Waals surface area contributed by atoms with Crippen molar-refractivity contribution in [1.29, 1.82) is 0 Å². The van der Waals surface area contributed by atoms with Gasteiger partial charge in [-0.1, -0.05) is 32.0 Å². The van der Waals surface area contributed by atoms with Crippen LogP contribution in [0.5, 0.6) is 0 Å². The number of carbonyl (C=O) groups excluding carboxylic acids is 4. The molecule has 2 rings (SSSR count). The van der Waals surface area contributed by atoms with Crippen molar-refractivity contribution in [2.24, 2.45) is 17.4 Å². The number of aromatic amines is 1. The van der Waals surface area contributed by atoms with Crippen LogP contribution >= 0.6 is 0 Å². The van der Waals surface area contributed by atoms with Crippen LogP contribution < -0.4 is 32.7 Å². The summed E-state index contributed by atoms with van der Waals surface area (Å²) < 4.78 is 0. The number of carboxylic acids is 3. The third-order valence-electron chi connectivity index (χ3n) is 7.64. The number of aromatic nitrogens is 1. The number of hydrogen-bond donors (Lipinski definition) is 10. The summed E-state index contributed by atoms with van der Waals surface area (Å²) in [5, 5.41) is 38.6. The topological polar surface area (TPSA) is 296 Å². The lowest BCUT2D eigenvalue weighted by Crippen LogP contribution is -2.59. The van der Waals surface area contributed by atoms with Gasteiger partial charge in [-0.25, -0.2) is 4.79 Å². The Morgan fingerprint density at radius 2 is 1.35 bits per heavy atom. The SMILES string of the molecule is CC(C)C[C@H](NC(=O)[C@@H](N)CC(=O)O)C(=O)N[C@@H](Cc1c[nH]c2ccccc12)C(=O)N[C@@H](CCC(=O)O)C(=O)N[C@@H](CCCCN)C(=O)O. The van der Waals surface area contributed by atoms with E-state index in [1.54, 1.807) is 44.3 Å². The summed E-state index contributed by atoms with van der Waals surface area (Å²) in [5.41, 5.74) is 12.5. The van der Waals surface area contributed by atoms with Crippen LogP contribution in [0.15, 0.2) is 30.5 Å². The number of fused-ring (bicyclic) bond motifs is 1. The summed E-state index contributed by atoms with van der Waals surface area (Å²) in [5.74, 6) is -7.51. The van der Waals surface area contributed by atoms with Crippen molar-refractivity contribution in [2.45, 2.75) is 95.4 Å². The molecule has 12 N–H and O–H groups in total. The average molecular weight is 690 g/mol. The molecule has 0 aliphatic heterocycles. The first kappa shape index (κ1) is 40.1. The number of carbonyl (C=O) groups is 7. The molecule has 49 heavy (non-hydrogen) atoms. The number of benzene rings is 1. The van der Waals surface area contributed by atoms with E-state index in [0.29, 0.717) is 24.9 Å². The fourth-order valence-electron chi connectivity index (χ4n) is 5.10. The summed E-state index contributed by atoms with van der Waals surface area (Å²) in [6.07, 6.45) is 0.995. The minimum Gasteiger partial charge on any atom is -0.481 e. The molecule has 0 aliphatic rings. The van der Waals surface area contributed by atoms with E-state index in [0.717, 1.165) is 10.9 Å². The molecule has 5 atom stereocenters. The molecule has 0 fully saturated rings. The minimum absolute atomic E-state index is 0.0518. The number of H-pyrrole nitrogens is 1. The van der Waals surface area contributed by atoms with Crippen LogP contribution in [-0.4, -0.2) is 98.6 Å². The molecule has 0 bridgehead atoms. The quantitative estimate of drug-likeness (QED) is 0.0705. The zero-order valence-electron chi connectivity index (χ0n) is 27.6. The second-order valence-corrected chi connectivity index (χ2v) is 12.2. The summed E-state index contributed by atoms with van der Waals surface area (Å²) in [4.78, 5) is 90.8. The number of carboxylic acid groups (broad SMARTS) is 3. The number of nitrogens with two attached hydrogens (primary N) is 2. The van der Waals surface area contributed by atoms with Gasteiger partial charge in [0, 0.05) is 29.9 Å². The smallest absolute Gasteiger partial charge is 0.326 e. The Hall–Kier alpha value is -5.03. The van der Waals surface area contributed by atoms with Gasteiger partial charge in [0.05, 0.1) is 12.5 Å². The number of aliphatic carboxylic acids is 3. The fraction of sp³-hybridized carbons (Fsp3) is 0.531. The summed E-state index contributed by atoms with van der Waals surface area (Å²) in [6.45, 7) is 3.88. The lowest BCUT2D eigenvalue weighted by Gasteiger charge is -2.27. The van der Waals surface area contributed by atoms with Crippen LogP contribution in [0.2, 0.25) is 0 Å². The standard InChI is InChI=1S/C32H47N7O10/c1-17(2)13-24(38-28(44)20(34)15-27(42)43)30(46)39-25(14-18-16-35-21-8-4-3-7-19(18)21)31(47)36-22(10-11-26(40)41)29(45)37-23(32(48)49)9-5-6-12-33/h3-4,7-8,16-17,20,22-25,35H,5-6,9-15,33-34H2,1-2H3,(H,36,47)(H,37,45)(H,38,44)(H,39,46)(H,40,41)(H,42,43)(H,48,49)/t20-,22-,23-,24-,25-/m0/s1. The summed E-state index contributed by atoms with van der Waals surface area (Å²) in [6, 6.07) is 0.343. The van der Waals surface area contributed by atoms with Crippen molar-refractivity contribution in [3.63, 3.8) is 0 Å². The van der Waals surface area contributed by atoms with Crippen LogP contribution in [-0.2, 0) is 40.0 Å². The van der Waals surface area contributed by atoms with Crippen molar-refractivity contribution < 1.29 is 48.9 Å². The maximum atomic E-state index is 13.9. The van der Waals surface area contributed by atoms with Gasteiger partial charge >= 0.3 is 17.9 Å². The predicted octanol–water partition coefficient (Wildman–Crippen LogP) is -0.424. The maximum absolute atomic E-state index is 13.9. The van der Waals surface area contributed by atoms with E-state index >= 15 is 0 Å². The lowest BCUT2D eigenvalue weighted by atomic mass is 10.00. The molecule has 0 unspecified atom stereocenters. The van der Waals surface area contributed by atoms with E-state index in [1.807, 2.05) is 0 Å². The Labute approximate surface area is 282 Å². The molecular formula is C32H47N7O10. The summed E-state index contributed by atoms with van der Waals surface area (Å²) >= 11 is 0. The van der Waals surface area contributed by atoms with Crippen LogP contribution in [0.25, 0.3) is 10.9 Å². The van der Waals surface area contributed by atoms with E-state index < -0.39 is 84.6 Å². The summed E-state index contributed by atoms with van der Waals surface area (Å²) in [7, 11) is 0. The molecule has 0 aliphatic carbocycles. The Bertz CT molecular complexity index is 1480. The van der Waals surface area contributed by atoms with Crippen molar-refractivity contribution in [3.05, 3.63) is 36.0 Å². The van der Waals surface area contributed by atoms with Gasteiger partial charge in [0.15, 0.2) is 0 Å². The van der Waals surface area contributed by atoms with Crippen molar-refractivity contribution in [3.8, 4) is 0 Å². The van der Waals surface area contributed by atoms with E-state index in [1.165, 1.54) is 0 Å². The molecule has 1 heterocycles. The van der Waals surface area contributed by atoms with Gasteiger partial charge in [0.2, 0.25) is 23.6 Å². The largest absolute Gasteiger partial charge is 0.481 e. The number of hydrogen-bond acceptors (Lipinski definition) is 9. The van der Waals surface area contributed by atoms with Crippen molar-refractivity contribution in [1.82, 2.24) is 26.3 Å². The second-order valence-electron chi connectivity index (χ2n) is 12.2. The highest BCUT2D eigenvalue weighted by atomic mass is 16.4. The molecule has 0 saturated carbocycles. The average Bonchev–Trinajstić information content (AvgIpc) is 3.43. The van der Waals surface area contributed by atoms with Crippen LogP contribution in [0.1, 0.15) is 64.4 Å². The molecule has 2 aromatic rings. The lowest BCUT2D eigenvalue weighted by molar-refractivity contribution is -0.143. The Morgan fingerprint density at radius 3 is 1.96 bits per heavy atom. The van der Waals surface area contributed by atoms with Gasteiger partial charge in [0.25, 0.3) is 0 Å². The zero-order valence-corrected chi connectivity index (χ0v) is 27.6. The zero-order chi connectivity index (χ0) is 36.7. The number of amides is 4. The number of nitrogens with one attached hydrogen (secondary N) is 5. The van der Waals surface area contributed by atoms with Crippen molar-refractivity contribution in [2.75, 3.05) is 6.54 Å². The van der Waals surface area contributed by atoms with E-state index in [9.17, 15) is 43.8 Å². The monoisotopic (exact) mass is 689 g/mol. The van der Waals surface area contributed by atoms with E-state index in [-0.39, 0.29) is 31.6 Å². The van der Waals surface area contributed by atoms with Gasteiger partial charge in [0.1, 0.15) is 24.2 Å². The first-order valence-corrected chi connectivity index (χ1v) is 16.0. The minimum atomic E-state index is -1.48. The Balaban J connectivity index is 2.41. The van der Waals surface area contributed by atoms with Crippen LogP contribution in [0, 0.1) is 5.92 Å². The highest BCUT2D eigenvalue weighted by Crippen LogP contribution is 2.20. The molecule has 0 radical (unpaired) electrons.